The molecule has 0 N–H and O–H groups in total. The third-order valence-electron chi connectivity index (χ3n) is 3.50. The Labute approximate surface area is 149 Å². The number of halogens is 2. The SMILES string of the molecule is [Cl-].[Cl-].[Zr+3].c1ccc2c(c1)ccc1[cH-]c3ccccc3c12. The van der Waals surface area contributed by atoms with Crippen LogP contribution in [0.15, 0.2) is 66.7 Å². The topological polar surface area (TPSA) is 0 Å². The maximum absolute atomic E-state index is 2.27. The zero-order chi connectivity index (χ0) is 11.2. The third kappa shape index (κ3) is 2.55. The van der Waals surface area contributed by atoms with Crippen molar-refractivity contribution < 1.29 is 51.0 Å². The van der Waals surface area contributed by atoms with Gasteiger partial charge in [-0.25, -0.2) is 0 Å². The summed E-state index contributed by atoms with van der Waals surface area (Å²) in [6.07, 6.45) is 0. The summed E-state index contributed by atoms with van der Waals surface area (Å²) in [5.74, 6) is 0. The minimum atomic E-state index is 0. The van der Waals surface area contributed by atoms with E-state index in [1.165, 1.54) is 32.3 Å². The van der Waals surface area contributed by atoms with Gasteiger partial charge in [0.25, 0.3) is 0 Å². The van der Waals surface area contributed by atoms with E-state index in [2.05, 4.69) is 66.7 Å². The van der Waals surface area contributed by atoms with Gasteiger partial charge in [0.05, 0.1) is 0 Å². The minimum Gasteiger partial charge on any atom is -1.00 e. The van der Waals surface area contributed by atoms with E-state index >= 15 is 0 Å². The number of hydrogen-bond donors (Lipinski definition) is 0. The molecule has 3 heteroatoms. The molecule has 4 rings (SSSR count). The summed E-state index contributed by atoms with van der Waals surface area (Å²) in [7, 11) is 0. The van der Waals surface area contributed by atoms with Gasteiger partial charge in [-0.3, -0.25) is 0 Å². The van der Waals surface area contributed by atoms with Crippen LogP contribution in [-0.2, 0) is 26.2 Å². The molecule has 0 aliphatic rings. The van der Waals surface area contributed by atoms with Gasteiger partial charge in [0.15, 0.2) is 0 Å². The number of benzene rings is 3. The Morgan fingerprint density at radius 1 is 0.600 bits per heavy atom. The summed E-state index contributed by atoms with van der Waals surface area (Å²) in [5, 5.41) is 8.09. The third-order valence-corrected chi connectivity index (χ3v) is 3.50. The standard InChI is InChI=1S/C17H11.2ClH.Zr/c1-3-7-15-12(5-1)9-10-14-11-13-6-2-4-8-16(13)17(14)15;;;/h1-11H;2*1H;/q-1;;;+3/p-2. The molecule has 0 saturated carbocycles. The van der Waals surface area contributed by atoms with Crippen molar-refractivity contribution in [1.82, 2.24) is 0 Å². The molecule has 0 aromatic heterocycles. The minimum absolute atomic E-state index is 0. The van der Waals surface area contributed by atoms with Crippen molar-refractivity contribution in [3.8, 4) is 0 Å². The zero-order valence-corrected chi connectivity index (χ0v) is 14.6. The fraction of sp³-hybridized carbons (Fsp3) is 0. The van der Waals surface area contributed by atoms with E-state index in [9.17, 15) is 0 Å². The fourth-order valence-corrected chi connectivity index (χ4v) is 2.73. The molecule has 0 saturated heterocycles. The molecule has 0 heterocycles. The number of rotatable bonds is 0. The summed E-state index contributed by atoms with van der Waals surface area (Å²) in [4.78, 5) is 0. The van der Waals surface area contributed by atoms with Crippen LogP contribution >= 0.6 is 0 Å². The van der Waals surface area contributed by atoms with Crippen LogP contribution in [0, 0.1) is 0 Å². The molecule has 0 aliphatic heterocycles. The predicted molar refractivity (Wildman–Crippen MR) is 74.6 cm³/mol. The summed E-state index contributed by atoms with van der Waals surface area (Å²) >= 11 is 0. The number of hydrogen-bond acceptors (Lipinski definition) is 0. The molecule has 0 nitrogen and oxygen atoms in total. The smallest absolute Gasteiger partial charge is 1.00 e. The monoisotopic (exact) mass is 375 g/mol. The van der Waals surface area contributed by atoms with E-state index in [0.717, 1.165) is 0 Å². The van der Waals surface area contributed by atoms with E-state index in [1.54, 1.807) is 0 Å². The van der Waals surface area contributed by atoms with Gasteiger partial charge in [0.1, 0.15) is 0 Å². The van der Waals surface area contributed by atoms with Crippen molar-refractivity contribution in [2.24, 2.45) is 0 Å². The van der Waals surface area contributed by atoms with Gasteiger partial charge in [0, 0.05) is 0 Å². The Bertz CT molecular complexity index is 843. The first-order valence-electron chi connectivity index (χ1n) is 5.89. The summed E-state index contributed by atoms with van der Waals surface area (Å²) < 4.78 is 0. The molecule has 0 atom stereocenters. The predicted octanol–water partition coefficient (Wildman–Crippen LogP) is -1.13. The van der Waals surface area contributed by atoms with Crippen LogP contribution in [0.4, 0.5) is 0 Å². The van der Waals surface area contributed by atoms with Gasteiger partial charge in [0.2, 0.25) is 0 Å². The first-order valence-corrected chi connectivity index (χ1v) is 5.89. The quantitative estimate of drug-likeness (QED) is 0.341. The molecule has 4 aromatic rings. The molecular formula is C17H11Cl2Zr. The van der Waals surface area contributed by atoms with E-state index in [1.807, 2.05) is 0 Å². The average molecular weight is 377 g/mol. The van der Waals surface area contributed by atoms with Gasteiger partial charge in [-0.1, -0.05) is 53.9 Å². The molecule has 0 amide bonds. The molecule has 4 aromatic carbocycles. The van der Waals surface area contributed by atoms with E-state index in [4.69, 9.17) is 0 Å². The average Bonchev–Trinajstić information content (AvgIpc) is 2.77. The van der Waals surface area contributed by atoms with Gasteiger partial charge in [-0.05, 0) is 5.39 Å². The molecule has 20 heavy (non-hydrogen) atoms. The molecular weight excluding hydrogens is 366 g/mol. The van der Waals surface area contributed by atoms with Gasteiger partial charge in [-0.2, -0.15) is 0 Å². The Hall–Kier alpha value is -0.747. The first-order chi connectivity index (χ1) is 8.43. The molecule has 0 unspecified atom stereocenters. The number of fused-ring (bicyclic) bond motifs is 5. The second kappa shape index (κ2) is 6.81. The van der Waals surface area contributed by atoms with E-state index < -0.39 is 0 Å². The largest absolute Gasteiger partial charge is 3.00 e. The van der Waals surface area contributed by atoms with Gasteiger partial charge < -0.3 is 24.8 Å². The van der Waals surface area contributed by atoms with Crippen molar-refractivity contribution in [1.29, 1.82) is 0 Å². The Morgan fingerprint density at radius 2 is 1.25 bits per heavy atom. The van der Waals surface area contributed by atoms with E-state index in [-0.39, 0.29) is 51.0 Å². The summed E-state index contributed by atoms with van der Waals surface area (Å²) in [6, 6.07) is 23.9. The van der Waals surface area contributed by atoms with Crippen molar-refractivity contribution in [3.63, 3.8) is 0 Å². The maximum atomic E-state index is 2.27. The second-order valence-corrected chi connectivity index (χ2v) is 4.48. The van der Waals surface area contributed by atoms with Crippen molar-refractivity contribution >= 4 is 32.3 Å². The zero-order valence-electron chi connectivity index (χ0n) is 10.6. The second-order valence-electron chi connectivity index (χ2n) is 4.48. The van der Waals surface area contributed by atoms with Crippen molar-refractivity contribution in [3.05, 3.63) is 66.7 Å². The normalized spacial score (nSPS) is 9.80. The molecule has 1 radical (unpaired) electrons. The molecule has 0 spiro atoms. The summed E-state index contributed by atoms with van der Waals surface area (Å²) in [6.45, 7) is 0. The molecule has 0 fully saturated rings. The maximum Gasteiger partial charge on any atom is 3.00 e. The van der Waals surface area contributed by atoms with Crippen LogP contribution in [0.25, 0.3) is 32.3 Å². The fourth-order valence-electron chi connectivity index (χ4n) is 2.73. The van der Waals surface area contributed by atoms with Crippen LogP contribution in [0.5, 0.6) is 0 Å². The van der Waals surface area contributed by atoms with Crippen LogP contribution in [0.2, 0.25) is 0 Å². The molecule has 97 valence electrons. The summed E-state index contributed by atoms with van der Waals surface area (Å²) in [5.41, 5.74) is 0. The van der Waals surface area contributed by atoms with Crippen LogP contribution in [0.1, 0.15) is 0 Å². The molecule has 0 aliphatic carbocycles. The van der Waals surface area contributed by atoms with Gasteiger partial charge >= 0.3 is 26.2 Å². The van der Waals surface area contributed by atoms with Gasteiger partial charge in [-0.15, -0.1) is 39.7 Å². The molecule has 0 bridgehead atoms. The first kappa shape index (κ1) is 17.3. The Kier molecular flexibility index (Phi) is 5.89. The van der Waals surface area contributed by atoms with E-state index in [0.29, 0.717) is 0 Å². The Balaban J connectivity index is 0.000000667. The van der Waals surface area contributed by atoms with Crippen LogP contribution < -0.4 is 24.8 Å². The van der Waals surface area contributed by atoms with Crippen molar-refractivity contribution in [2.45, 2.75) is 0 Å². The van der Waals surface area contributed by atoms with Crippen molar-refractivity contribution in [2.75, 3.05) is 0 Å². The van der Waals surface area contributed by atoms with Crippen LogP contribution in [-0.4, -0.2) is 0 Å². The Morgan fingerprint density at radius 3 is 2.05 bits per heavy atom. The van der Waals surface area contributed by atoms with Crippen LogP contribution in [0.3, 0.4) is 0 Å².